The van der Waals surface area contributed by atoms with E-state index in [4.69, 9.17) is 4.74 Å². The number of nitrogens with zero attached hydrogens (tertiary/aromatic N) is 2. The van der Waals surface area contributed by atoms with Gasteiger partial charge in [0, 0.05) is 25.8 Å². The van der Waals surface area contributed by atoms with Gasteiger partial charge in [-0.1, -0.05) is 12.1 Å². The lowest BCUT2D eigenvalue weighted by molar-refractivity contribution is 0.286. The van der Waals surface area contributed by atoms with Crippen molar-refractivity contribution in [2.75, 3.05) is 7.11 Å². The molecular formula is C16H21N3O. The Labute approximate surface area is 119 Å². The van der Waals surface area contributed by atoms with Crippen LogP contribution in [-0.4, -0.2) is 22.9 Å². The second kappa shape index (κ2) is 5.67. The molecule has 1 heterocycles. The monoisotopic (exact) mass is 271 g/mol. The highest BCUT2D eigenvalue weighted by molar-refractivity contribution is 5.32. The maximum absolute atomic E-state index is 5.28. The molecule has 1 N–H and O–H groups in total. The summed E-state index contributed by atoms with van der Waals surface area (Å²) >= 11 is 0. The number of methoxy groups -OCH3 is 1. The second-order valence-corrected chi connectivity index (χ2v) is 5.47. The first-order chi connectivity index (χ1) is 9.76. The molecule has 0 unspecified atom stereocenters. The van der Waals surface area contributed by atoms with Crippen LogP contribution >= 0.6 is 0 Å². The van der Waals surface area contributed by atoms with Crippen LogP contribution in [0.1, 0.15) is 30.0 Å². The van der Waals surface area contributed by atoms with Crippen molar-refractivity contribution < 1.29 is 4.74 Å². The number of nitrogens with one attached hydrogen (secondary N) is 1. The summed E-state index contributed by atoms with van der Waals surface area (Å²) in [6, 6.07) is 11.1. The van der Waals surface area contributed by atoms with Gasteiger partial charge < -0.3 is 10.1 Å². The Morgan fingerprint density at radius 2 is 2.20 bits per heavy atom. The van der Waals surface area contributed by atoms with E-state index in [-0.39, 0.29) is 0 Å². The summed E-state index contributed by atoms with van der Waals surface area (Å²) in [5, 5.41) is 7.78. The normalized spacial score (nSPS) is 21.5. The molecule has 20 heavy (non-hydrogen) atoms. The minimum atomic E-state index is 0.612. The Kier molecular flexibility index (Phi) is 3.74. The number of rotatable bonds is 5. The van der Waals surface area contributed by atoms with E-state index in [1.807, 2.05) is 24.0 Å². The minimum Gasteiger partial charge on any atom is -0.497 e. The molecule has 3 rings (SSSR count). The average molecular weight is 271 g/mol. The van der Waals surface area contributed by atoms with Crippen molar-refractivity contribution in [3.63, 3.8) is 0 Å². The van der Waals surface area contributed by atoms with E-state index in [2.05, 4.69) is 34.7 Å². The number of hydrogen-bond donors (Lipinski definition) is 1. The van der Waals surface area contributed by atoms with Gasteiger partial charge in [-0.05, 0) is 42.5 Å². The molecule has 0 amide bonds. The standard InChI is InChI=1S/C16H21N3O/c1-19-15(6-7-18-19)11-17-14-8-13(9-14)12-4-3-5-16(10-12)20-2/h3-7,10,13-14,17H,8-9,11H2,1-2H3. The van der Waals surface area contributed by atoms with Gasteiger partial charge in [0.1, 0.15) is 5.75 Å². The molecule has 0 aliphatic heterocycles. The predicted molar refractivity (Wildman–Crippen MR) is 78.8 cm³/mol. The fourth-order valence-electron chi connectivity index (χ4n) is 2.78. The molecule has 0 radical (unpaired) electrons. The molecule has 1 saturated carbocycles. The Bertz CT molecular complexity index is 573. The number of ether oxygens (including phenoxy) is 1. The maximum atomic E-state index is 5.28. The van der Waals surface area contributed by atoms with Crippen LogP contribution in [0.2, 0.25) is 0 Å². The van der Waals surface area contributed by atoms with Crippen LogP contribution in [0.25, 0.3) is 0 Å². The zero-order valence-corrected chi connectivity index (χ0v) is 12.0. The van der Waals surface area contributed by atoms with Crippen molar-refractivity contribution in [3.05, 3.63) is 47.8 Å². The van der Waals surface area contributed by atoms with E-state index in [9.17, 15) is 0 Å². The predicted octanol–water partition coefficient (Wildman–Crippen LogP) is 2.46. The van der Waals surface area contributed by atoms with Crippen LogP contribution in [0, 0.1) is 0 Å². The van der Waals surface area contributed by atoms with Crippen LogP contribution in [0.4, 0.5) is 0 Å². The van der Waals surface area contributed by atoms with Gasteiger partial charge in [0.25, 0.3) is 0 Å². The van der Waals surface area contributed by atoms with Crippen molar-refractivity contribution in [2.24, 2.45) is 7.05 Å². The summed E-state index contributed by atoms with van der Waals surface area (Å²) in [5.41, 5.74) is 2.62. The fourth-order valence-corrected chi connectivity index (χ4v) is 2.78. The highest BCUT2D eigenvalue weighted by Gasteiger charge is 2.30. The highest BCUT2D eigenvalue weighted by atomic mass is 16.5. The topological polar surface area (TPSA) is 39.1 Å². The van der Waals surface area contributed by atoms with Gasteiger partial charge in [0.05, 0.1) is 12.8 Å². The Morgan fingerprint density at radius 3 is 2.90 bits per heavy atom. The lowest BCUT2D eigenvalue weighted by Gasteiger charge is -2.36. The van der Waals surface area contributed by atoms with Gasteiger partial charge in [-0.2, -0.15) is 5.10 Å². The number of benzene rings is 1. The van der Waals surface area contributed by atoms with Crippen LogP contribution in [0.5, 0.6) is 5.75 Å². The van der Waals surface area contributed by atoms with Crippen molar-refractivity contribution in [2.45, 2.75) is 31.3 Å². The van der Waals surface area contributed by atoms with Crippen LogP contribution in [0.3, 0.4) is 0 Å². The number of hydrogen-bond acceptors (Lipinski definition) is 3. The summed E-state index contributed by atoms with van der Waals surface area (Å²) in [4.78, 5) is 0. The average Bonchev–Trinajstić information content (AvgIpc) is 2.83. The van der Waals surface area contributed by atoms with Crippen molar-refractivity contribution >= 4 is 0 Å². The first-order valence-corrected chi connectivity index (χ1v) is 7.10. The van der Waals surface area contributed by atoms with Crippen LogP contribution in [0.15, 0.2) is 36.5 Å². The molecule has 0 spiro atoms. The van der Waals surface area contributed by atoms with Gasteiger partial charge in [0.15, 0.2) is 0 Å². The van der Waals surface area contributed by atoms with Crippen LogP contribution < -0.4 is 10.1 Å². The van der Waals surface area contributed by atoms with Gasteiger partial charge in [-0.25, -0.2) is 0 Å². The molecule has 1 aliphatic carbocycles. The summed E-state index contributed by atoms with van der Waals surface area (Å²) < 4.78 is 7.21. The SMILES string of the molecule is COc1cccc(C2CC(NCc3ccnn3C)C2)c1. The zero-order valence-electron chi connectivity index (χ0n) is 12.0. The molecular weight excluding hydrogens is 250 g/mol. The summed E-state index contributed by atoms with van der Waals surface area (Å²) in [5.74, 6) is 1.61. The Hall–Kier alpha value is -1.81. The molecule has 1 aromatic heterocycles. The first kappa shape index (κ1) is 13.2. The molecule has 1 aromatic carbocycles. The third kappa shape index (κ3) is 2.70. The molecule has 4 heteroatoms. The molecule has 106 valence electrons. The number of aromatic nitrogens is 2. The van der Waals surface area contributed by atoms with E-state index in [0.29, 0.717) is 12.0 Å². The van der Waals surface area contributed by atoms with Crippen molar-refractivity contribution in [3.8, 4) is 5.75 Å². The molecule has 4 nitrogen and oxygen atoms in total. The van der Waals surface area contributed by atoms with Crippen molar-refractivity contribution in [1.82, 2.24) is 15.1 Å². The molecule has 1 aliphatic rings. The quantitative estimate of drug-likeness (QED) is 0.908. The smallest absolute Gasteiger partial charge is 0.119 e. The second-order valence-electron chi connectivity index (χ2n) is 5.47. The van der Waals surface area contributed by atoms with E-state index in [1.165, 1.54) is 24.1 Å². The third-order valence-corrected chi connectivity index (χ3v) is 4.20. The van der Waals surface area contributed by atoms with E-state index < -0.39 is 0 Å². The third-order valence-electron chi connectivity index (χ3n) is 4.20. The fraction of sp³-hybridized carbons (Fsp3) is 0.438. The van der Waals surface area contributed by atoms with E-state index >= 15 is 0 Å². The van der Waals surface area contributed by atoms with Gasteiger partial charge in [-0.3, -0.25) is 4.68 Å². The van der Waals surface area contributed by atoms with E-state index in [1.54, 1.807) is 7.11 Å². The molecule has 0 saturated heterocycles. The van der Waals surface area contributed by atoms with Crippen molar-refractivity contribution in [1.29, 1.82) is 0 Å². The van der Waals surface area contributed by atoms with Gasteiger partial charge in [-0.15, -0.1) is 0 Å². The number of aryl methyl sites for hydroxylation is 1. The van der Waals surface area contributed by atoms with Crippen LogP contribution in [-0.2, 0) is 13.6 Å². The van der Waals surface area contributed by atoms with Gasteiger partial charge >= 0.3 is 0 Å². The lowest BCUT2D eigenvalue weighted by atomic mass is 9.76. The van der Waals surface area contributed by atoms with E-state index in [0.717, 1.165) is 12.3 Å². The lowest BCUT2D eigenvalue weighted by Crippen LogP contribution is -2.39. The van der Waals surface area contributed by atoms with Gasteiger partial charge in [0.2, 0.25) is 0 Å². The molecule has 2 aromatic rings. The first-order valence-electron chi connectivity index (χ1n) is 7.10. The zero-order chi connectivity index (χ0) is 13.9. The Morgan fingerprint density at radius 1 is 1.35 bits per heavy atom. The molecule has 0 atom stereocenters. The highest BCUT2D eigenvalue weighted by Crippen LogP contribution is 2.38. The summed E-state index contributed by atoms with van der Waals surface area (Å²) in [6.07, 6.45) is 4.24. The molecule has 1 fully saturated rings. The summed E-state index contributed by atoms with van der Waals surface area (Å²) in [7, 11) is 3.70. The summed E-state index contributed by atoms with van der Waals surface area (Å²) in [6.45, 7) is 0.895. The largest absolute Gasteiger partial charge is 0.497 e. The maximum Gasteiger partial charge on any atom is 0.119 e. The minimum absolute atomic E-state index is 0.612. The molecule has 0 bridgehead atoms. The Balaban J connectivity index is 1.50.